The number of hydrogen-bond acceptors (Lipinski definition) is 7. The highest BCUT2D eigenvalue weighted by molar-refractivity contribution is 14.1. The lowest BCUT2D eigenvalue weighted by atomic mass is 9.96. The predicted octanol–water partition coefficient (Wildman–Crippen LogP) is 4.16. The molecule has 0 saturated heterocycles. The van der Waals surface area contributed by atoms with Gasteiger partial charge < -0.3 is 14.6 Å². The summed E-state index contributed by atoms with van der Waals surface area (Å²) in [5.74, 6) is -0.112. The minimum Gasteiger partial charge on any atom is -0.504 e. The molecule has 35 heavy (non-hydrogen) atoms. The van der Waals surface area contributed by atoms with E-state index in [0.29, 0.717) is 47.1 Å². The van der Waals surface area contributed by atoms with E-state index in [0.717, 1.165) is 5.56 Å². The molecule has 2 aromatic carbocycles. The highest BCUT2D eigenvalue weighted by Gasteiger charge is 2.33. The molecule has 1 atom stereocenters. The molecule has 1 aliphatic rings. The number of ether oxygens (including phenoxy) is 2. The van der Waals surface area contributed by atoms with E-state index in [4.69, 9.17) is 21.1 Å². The summed E-state index contributed by atoms with van der Waals surface area (Å²) in [6, 6.07) is 9.77. The van der Waals surface area contributed by atoms with Crippen molar-refractivity contribution in [2.24, 2.45) is 4.99 Å². The highest BCUT2D eigenvalue weighted by Crippen LogP contribution is 2.33. The van der Waals surface area contributed by atoms with Crippen molar-refractivity contribution in [3.8, 4) is 11.5 Å². The molecule has 1 N–H and O–H groups in total. The van der Waals surface area contributed by atoms with Gasteiger partial charge >= 0.3 is 5.97 Å². The molecule has 0 aliphatic carbocycles. The van der Waals surface area contributed by atoms with Gasteiger partial charge in [-0.3, -0.25) is 9.36 Å². The van der Waals surface area contributed by atoms with Crippen molar-refractivity contribution in [2.45, 2.75) is 26.8 Å². The zero-order valence-electron chi connectivity index (χ0n) is 19.2. The standard InChI is InChI=1S/C25H22ClIN2O5S/c1-4-33-18-11-14(10-17(27)22(18)30)12-19-23(31)29-21(15-6-8-16(26)9-7-15)20(24(32)34-5-2)13(3)28-25(29)35-19/h6-12,21,30H,4-5H2,1-3H3/b19-12-. The third-order valence-corrected chi connectivity index (χ3v) is 7.41. The number of benzene rings is 2. The van der Waals surface area contributed by atoms with Crippen LogP contribution >= 0.6 is 45.5 Å². The fourth-order valence-electron chi connectivity index (χ4n) is 3.85. The molecular weight excluding hydrogens is 603 g/mol. The van der Waals surface area contributed by atoms with Gasteiger partial charge in [0.25, 0.3) is 5.56 Å². The molecule has 0 amide bonds. The van der Waals surface area contributed by atoms with Crippen LogP contribution in [0, 0.1) is 3.57 Å². The van der Waals surface area contributed by atoms with Crippen molar-refractivity contribution in [3.63, 3.8) is 0 Å². The van der Waals surface area contributed by atoms with Crippen molar-refractivity contribution < 1.29 is 19.4 Å². The van der Waals surface area contributed by atoms with Gasteiger partial charge in [0.05, 0.1) is 38.6 Å². The maximum atomic E-state index is 13.7. The smallest absolute Gasteiger partial charge is 0.338 e. The van der Waals surface area contributed by atoms with E-state index in [1.54, 1.807) is 56.3 Å². The number of nitrogens with zero attached hydrogens (tertiary/aromatic N) is 2. The average Bonchev–Trinajstić information content (AvgIpc) is 3.11. The van der Waals surface area contributed by atoms with Crippen LogP contribution in [0.1, 0.15) is 37.9 Å². The van der Waals surface area contributed by atoms with Crippen molar-refractivity contribution in [1.29, 1.82) is 0 Å². The van der Waals surface area contributed by atoms with Gasteiger partial charge in [0.1, 0.15) is 0 Å². The predicted molar refractivity (Wildman–Crippen MR) is 144 cm³/mol. The van der Waals surface area contributed by atoms with Gasteiger partial charge in [-0.1, -0.05) is 35.1 Å². The summed E-state index contributed by atoms with van der Waals surface area (Å²) in [6.45, 7) is 5.90. The van der Waals surface area contributed by atoms with E-state index in [9.17, 15) is 14.7 Å². The van der Waals surface area contributed by atoms with Crippen molar-refractivity contribution in [2.75, 3.05) is 13.2 Å². The van der Waals surface area contributed by atoms with Crippen LogP contribution in [0.5, 0.6) is 11.5 Å². The molecule has 7 nitrogen and oxygen atoms in total. The first kappa shape index (κ1) is 25.5. The summed E-state index contributed by atoms with van der Waals surface area (Å²) in [7, 11) is 0. The molecule has 182 valence electrons. The summed E-state index contributed by atoms with van der Waals surface area (Å²) in [5, 5.41) is 10.8. The van der Waals surface area contributed by atoms with Crippen molar-refractivity contribution in [1.82, 2.24) is 4.57 Å². The number of halogens is 2. The maximum Gasteiger partial charge on any atom is 0.338 e. The van der Waals surface area contributed by atoms with Crippen LogP contribution in [-0.4, -0.2) is 28.9 Å². The molecular formula is C25H22ClIN2O5S. The van der Waals surface area contributed by atoms with E-state index < -0.39 is 12.0 Å². The van der Waals surface area contributed by atoms with Gasteiger partial charge in [0.2, 0.25) is 0 Å². The average molecular weight is 625 g/mol. The lowest BCUT2D eigenvalue weighted by molar-refractivity contribution is -0.139. The molecule has 1 unspecified atom stereocenters. The number of rotatable bonds is 6. The Kier molecular flexibility index (Phi) is 7.67. The Labute approximate surface area is 224 Å². The third kappa shape index (κ3) is 5.03. The van der Waals surface area contributed by atoms with Crippen LogP contribution in [0.15, 0.2) is 57.5 Å². The molecule has 1 aliphatic heterocycles. The first-order chi connectivity index (χ1) is 16.7. The molecule has 0 spiro atoms. The summed E-state index contributed by atoms with van der Waals surface area (Å²) in [5.41, 5.74) is 1.94. The lowest BCUT2D eigenvalue weighted by Gasteiger charge is -2.24. The Bertz CT molecular complexity index is 1510. The Morgan fingerprint density at radius 2 is 1.97 bits per heavy atom. The first-order valence-corrected chi connectivity index (χ1v) is 13.1. The van der Waals surface area contributed by atoms with Crippen LogP contribution in [0.3, 0.4) is 0 Å². The molecule has 0 radical (unpaired) electrons. The fraction of sp³-hybridized carbons (Fsp3) is 0.240. The summed E-state index contributed by atoms with van der Waals surface area (Å²) < 4.78 is 13.4. The van der Waals surface area contributed by atoms with Crippen LogP contribution in [0.25, 0.3) is 6.08 Å². The number of thiazole rings is 1. The van der Waals surface area contributed by atoms with Crippen LogP contribution in [-0.2, 0) is 9.53 Å². The zero-order valence-corrected chi connectivity index (χ0v) is 22.9. The van der Waals surface area contributed by atoms with Crippen LogP contribution < -0.4 is 19.6 Å². The van der Waals surface area contributed by atoms with E-state index in [2.05, 4.69) is 4.99 Å². The third-order valence-electron chi connectivity index (χ3n) is 5.35. The van der Waals surface area contributed by atoms with Crippen molar-refractivity contribution >= 4 is 57.6 Å². The molecule has 4 rings (SSSR count). The van der Waals surface area contributed by atoms with Gasteiger partial charge in [-0.05, 0) is 84.8 Å². The molecule has 0 fully saturated rings. The number of phenolic OH excluding ortho intramolecular Hbond substituents is 1. The number of fused-ring (bicyclic) bond motifs is 1. The zero-order chi connectivity index (χ0) is 25.3. The topological polar surface area (TPSA) is 90.1 Å². The number of hydrogen-bond donors (Lipinski definition) is 1. The molecule has 3 aromatic rings. The quantitative estimate of drug-likeness (QED) is 0.329. The van der Waals surface area contributed by atoms with Gasteiger partial charge in [-0.15, -0.1) is 0 Å². The lowest BCUT2D eigenvalue weighted by Crippen LogP contribution is -2.39. The summed E-state index contributed by atoms with van der Waals surface area (Å²) in [6.07, 6.45) is 1.73. The Balaban J connectivity index is 1.93. The molecule has 2 heterocycles. The Morgan fingerprint density at radius 3 is 2.63 bits per heavy atom. The Hall–Kier alpha value is -2.63. The second-order valence-electron chi connectivity index (χ2n) is 7.64. The van der Waals surface area contributed by atoms with Gasteiger partial charge in [0.15, 0.2) is 16.3 Å². The second-order valence-corrected chi connectivity index (χ2v) is 10.2. The van der Waals surface area contributed by atoms with Crippen molar-refractivity contribution in [3.05, 3.63) is 87.1 Å². The second kappa shape index (κ2) is 10.5. The van der Waals surface area contributed by atoms with Gasteiger partial charge in [-0.25, -0.2) is 9.79 Å². The number of esters is 1. The first-order valence-electron chi connectivity index (χ1n) is 10.9. The van der Waals surface area contributed by atoms with Crippen LogP contribution in [0.4, 0.5) is 0 Å². The molecule has 0 saturated carbocycles. The van der Waals surface area contributed by atoms with E-state index in [1.165, 1.54) is 15.9 Å². The molecule has 10 heteroatoms. The van der Waals surface area contributed by atoms with E-state index in [-0.39, 0.29) is 17.9 Å². The number of allylic oxidation sites excluding steroid dienone is 1. The number of carbonyl (C=O) groups is 1. The van der Waals surface area contributed by atoms with E-state index >= 15 is 0 Å². The Morgan fingerprint density at radius 1 is 1.26 bits per heavy atom. The largest absolute Gasteiger partial charge is 0.504 e. The fourth-order valence-corrected chi connectivity index (χ4v) is 5.64. The minimum atomic E-state index is -0.705. The monoisotopic (exact) mass is 624 g/mol. The molecule has 1 aromatic heterocycles. The number of phenols is 1. The number of aromatic nitrogens is 1. The van der Waals surface area contributed by atoms with Gasteiger partial charge in [-0.2, -0.15) is 0 Å². The highest BCUT2D eigenvalue weighted by atomic mass is 127. The van der Waals surface area contributed by atoms with Gasteiger partial charge in [0, 0.05) is 5.02 Å². The summed E-state index contributed by atoms with van der Waals surface area (Å²) in [4.78, 5) is 31.6. The van der Waals surface area contributed by atoms with E-state index in [1.807, 2.05) is 29.5 Å². The minimum absolute atomic E-state index is 0.0588. The number of carbonyl (C=O) groups excluding carboxylic acids is 1. The normalized spacial score (nSPS) is 15.6. The summed E-state index contributed by atoms with van der Waals surface area (Å²) >= 11 is 9.34. The molecule has 0 bridgehead atoms. The van der Waals surface area contributed by atoms with Crippen LogP contribution in [0.2, 0.25) is 5.02 Å². The number of aromatic hydroxyl groups is 1. The SMILES string of the molecule is CCOC(=O)C1=C(C)N=c2s/c(=C\c3cc(I)c(O)c(OCC)c3)c(=O)n2C1c1ccc(Cl)cc1. The maximum absolute atomic E-state index is 13.7.